The molecule has 0 saturated heterocycles. The molecule has 0 heterocycles. The van der Waals surface area contributed by atoms with Crippen molar-refractivity contribution in [1.29, 1.82) is 0 Å². The lowest BCUT2D eigenvalue weighted by Crippen LogP contribution is -2.17. The van der Waals surface area contributed by atoms with E-state index in [-0.39, 0.29) is 5.75 Å². The van der Waals surface area contributed by atoms with Crippen LogP contribution in [0.4, 0.5) is 18.9 Å². The summed E-state index contributed by atoms with van der Waals surface area (Å²) < 4.78 is 42.0. The number of rotatable bonds is 4. The fourth-order valence-electron chi connectivity index (χ4n) is 2.42. The SMILES string of the molecule is FC(F)(F)Oc1cc(Br)cc(N=C(c2ccccc2)c2ccccc2)c1. The Bertz CT molecular complexity index is 868. The monoisotopic (exact) mass is 419 g/mol. The summed E-state index contributed by atoms with van der Waals surface area (Å²) in [6, 6.07) is 23.0. The van der Waals surface area contributed by atoms with Crippen molar-refractivity contribution in [1.82, 2.24) is 0 Å². The highest BCUT2D eigenvalue weighted by Gasteiger charge is 2.31. The summed E-state index contributed by atoms with van der Waals surface area (Å²) in [6.45, 7) is 0. The fourth-order valence-corrected chi connectivity index (χ4v) is 2.88. The van der Waals surface area contributed by atoms with Crippen molar-refractivity contribution in [3.05, 3.63) is 94.5 Å². The Hall–Kier alpha value is -2.60. The third kappa shape index (κ3) is 4.95. The molecular weight excluding hydrogens is 407 g/mol. The summed E-state index contributed by atoms with van der Waals surface area (Å²) in [5.41, 5.74) is 2.72. The predicted octanol–water partition coefficient (Wildman–Crippen LogP) is 6.52. The molecule has 0 fully saturated rings. The highest BCUT2D eigenvalue weighted by molar-refractivity contribution is 9.10. The lowest BCUT2D eigenvalue weighted by Gasteiger charge is -2.11. The van der Waals surface area contributed by atoms with E-state index in [0.29, 0.717) is 15.9 Å². The number of benzene rings is 3. The van der Waals surface area contributed by atoms with Crippen molar-refractivity contribution in [2.75, 3.05) is 0 Å². The van der Waals surface area contributed by atoms with Crippen LogP contribution in [0.3, 0.4) is 0 Å². The van der Waals surface area contributed by atoms with Gasteiger partial charge in [-0.05, 0) is 12.1 Å². The van der Waals surface area contributed by atoms with E-state index < -0.39 is 6.36 Å². The summed E-state index contributed by atoms with van der Waals surface area (Å²) in [6.07, 6.45) is -4.76. The van der Waals surface area contributed by atoms with E-state index in [0.717, 1.165) is 11.1 Å². The van der Waals surface area contributed by atoms with Crippen LogP contribution in [0.25, 0.3) is 0 Å². The first kappa shape index (κ1) is 18.2. The van der Waals surface area contributed by atoms with Gasteiger partial charge in [-0.3, -0.25) is 0 Å². The number of alkyl halides is 3. The summed E-state index contributed by atoms with van der Waals surface area (Å²) in [5.74, 6) is -0.328. The highest BCUT2D eigenvalue weighted by atomic mass is 79.9. The van der Waals surface area contributed by atoms with Crippen molar-refractivity contribution in [3.8, 4) is 5.75 Å². The maximum absolute atomic E-state index is 12.5. The maximum Gasteiger partial charge on any atom is 0.573 e. The average molecular weight is 420 g/mol. The van der Waals surface area contributed by atoms with Crippen LogP contribution in [-0.4, -0.2) is 12.1 Å². The molecule has 0 amide bonds. The van der Waals surface area contributed by atoms with Gasteiger partial charge >= 0.3 is 6.36 Å². The minimum Gasteiger partial charge on any atom is -0.406 e. The molecular formula is C20H13BrF3NO. The maximum atomic E-state index is 12.5. The quantitative estimate of drug-likeness (QED) is 0.441. The van der Waals surface area contributed by atoms with Gasteiger partial charge in [0.15, 0.2) is 0 Å². The van der Waals surface area contributed by atoms with Gasteiger partial charge < -0.3 is 4.74 Å². The van der Waals surface area contributed by atoms with Crippen molar-refractivity contribution in [2.24, 2.45) is 4.99 Å². The lowest BCUT2D eigenvalue weighted by atomic mass is 10.0. The summed E-state index contributed by atoms with van der Waals surface area (Å²) in [7, 11) is 0. The van der Waals surface area contributed by atoms with E-state index >= 15 is 0 Å². The molecule has 0 bridgehead atoms. The molecule has 0 aliphatic carbocycles. The van der Waals surface area contributed by atoms with Gasteiger partial charge in [-0.1, -0.05) is 76.6 Å². The molecule has 3 aromatic carbocycles. The molecule has 0 aromatic heterocycles. The van der Waals surface area contributed by atoms with Crippen LogP contribution in [-0.2, 0) is 0 Å². The van der Waals surface area contributed by atoms with Gasteiger partial charge in [0.05, 0.1) is 11.4 Å². The normalized spacial score (nSPS) is 11.1. The highest BCUT2D eigenvalue weighted by Crippen LogP contribution is 2.31. The Morgan fingerprint density at radius 3 is 1.85 bits per heavy atom. The largest absolute Gasteiger partial charge is 0.573 e. The van der Waals surface area contributed by atoms with Crippen LogP contribution < -0.4 is 4.74 Å². The molecule has 0 radical (unpaired) electrons. The average Bonchev–Trinajstić information content (AvgIpc) is 2.59. The minimum atomic E-state index is -4.76. The minimum absolute atomic E-state index is 0.328. The molecule has 0 aliphatic rings. The van der Waals surface area contributed by atoms with E-state index in [1.807, 2.05) is 60.7 Å². The smallest absolute Gasteiger partial charge is 0.406 e. The first-order chi connectivity index (χ1) is 12.4. The van der Waals surface area contributed by atoms with Crippen LogP contribution in [0.15, 0.2) is 88.3 Å². The number of hydrogen-bond donors (Lipinski definition) is 0. The summed E-state index contributed by atoms with van der Waals surface area (Å²) in [5, 5.41) is 0. The topological polar surface area (TPSA) is 21.6 Å². The van der Waals surface area contributed by atoms with Crippen molar-refractivity contribution in [3.63, 3.8) is 0 Å². The van der Waals surface area contributed by atoms with Gasteiger partial charge in [0.25, 0.3) is 0 Å². The first-order valence-corrected chi connectivity index (χ1v) is 8.46. The molecule has 3 aromatic rings. The van der Waals surface area contributed by atoms with E-state index in [1.54, 1.807) is 6.07 Å². The van der Waals surface area contributed by atoms with Crippen molar-refractivity contribution < 1.29 is 17.9 Å². The van der Waals surface area contributed by atoms with Crippen LogP contribution in [0.2, 0.25) is 0 Å². The van der Waals surface area contributed by atoms with Crippen LogP contribution in [0, 0.1) is 0 Å². The van der Waals surface area contributed by atoms with Crippen molar-refractivity contribution in [2.45, 2.75) is 6.36 Å². The van der Waals surface area contributed by atoms with E-state index in [2.05, 4.69) is 25.7 Å². The molecule has 26 heavy (non-hydrogen) atoms. The van der Waals surface area contributed by atoms with Crippen LogP contribution in [0.1, 0.15) is 11.1 Å². The molecule has 0 aliphatic heterocycles. The van der Waals surface area contributed by atoms with Gasteiger partial charge in [0.1, 0.15) is 5.75 Å². The zero-order chi connectivity index (χ0) is 18.6. The summed E-state index contributed by atoms with van der Waals surface area (Å²) in [4.78, 5) is 4.59. The Morgan fingerprint density at radius 2 is 1.35 bits per heavy atom. The molecule has 0 N–H and O–H groups in total. The van der Waals surface area contributed by atoms with Gasteiger partial charge in [-0.2, -0.15) is 0 Å². The zero-order valence-electron chi connectivity index (χ0n) is 13.4. The molecule has 0 atom stereocenters. The van der Waals surface area contributed by atoms with Gasteiger partial charge in [-0.25, -0.2) is 4.99 Å². The molecule has 2 nitrogen and oxygen atoms in total. The first-order valence-electron chi connectivity index (χ1n) is 7.66. The van der Waals surface area contributed by atoms with Gasteiger partial charge in [-0.15, -0.1) is 13.2 Å². The Morgan fingerprint density at radius 1 is 0.808 bits per heavy atom. The Kier molecular flexibility index (Phi) is 5.42. The number of aliphatic imine (C=N–C) groups is 1. The molecule has 0 saturated carbocycles. The number of halogens is 4. The second-order valence-electron chi connectivity index (χ2n) is 5.39. The second-order valence-corrected chi connectivity index (χ2v) is 6.30. The molecule has 0 unspecified atom stereocenters. The van der Waals surface area contributed by atoms with Crippen LogP contribution >= 0.6 is 15.9 Å². The fraction of sp³-hybridized carbons (Fsp3) is 0.0500. The third-order valence-corrected chi connectivity index (χ3v) is 3.88. The van der Waals surface area contributed by atoms with E-state index in [1.165, 1.54) is 12.1 Å². The third-order valence-electron chi connectivity index (χ3n) is 3.42. The standard InChI is InChI=1S/C20H13BrF3NO/c21-16-11-17(13-18(12-16)26-20(22,23)24)25-19(14-7-3-1-4-8-14)15-9-5-2-6-10-15/h1-13H. The second kappa shape index (κ2) is 7.74. The molecule has 3 rings (SSSR count). The molecule has 132 valence electrons. The predicted molar refractivity (Wildman–Crippen MR) is 99.0 cm³/mol. The zero-order valence-corrected chi connectivity index (χ0v) is 15.0. The summed E-state index contributed by atoms with van der Waals surface area (Å²) >= 11 is 3.21. The van der Waals surface area contributed by atoms with Gasteiger partial charge in [0, 0.05) is 21.7 Å². The number of nitrogens with zero attached hydrogens (tertiary/aromatic N) is 1. The lowest BCUT2D eigenvalue weighted by molar-refractivity contribution is -0.274. The van der Waals surface area contributed by atoms with Gasteiger partial charge in [0.2, 0.25) is 0 Å². The number of ether oxygens (including phenoxy) is 1. The number of hydrogen-bond acceptors (Lipinski definition) is 2. The van der Waals surface area contributed by atoms with E-state index in [9.17, 15) is 13.2 Å². The molecule has 6 heteroatoms. The Labute approximate surface area is 157 Å². The molecule has 0 spiro atoms. The Balaban J connectivity index is 2.09. The van der Waals surface area contributed by atoms with Crippen LogP contribution in [0.5, 0.6) is 5.75 Å². The van der Waals surface area contributed by atoms with E-state index in [4.69, 9.17) is 0 Å². The van der Waals surface area contributed by atoms with Crippen molar-refractivity contribution >= 4 is 27.3 Å².